The average Bonchev–Trinajstić information content (AvgIpc) is 3.18. The molecule has 0 saturated carbocycles. The van der Waals surface area contributed by atoms with Crippen LogP contribution in [0.1, 0.15) is 54.1 Å². The number of benzene rings is 2. The number of likely N-dealkylation sites (tertiary alicyclic amines) is 1. The smallest absolute Gasteiger partial charge is 0.254 e. The minimum atomic E-state index is 0.0767. The fourth-order valence-corrected chi connectivity index (χ4v) is 4.06. The van der Waals surface area contributed by atoms with Gasteiger partial charge in [-0.1, -0.05) is 30.3 Å². The highest BCUT2D eigenvalue weighted by Gasteiger charge is 2.30. The van der Waals surface area contributed by atoms with Crippen LogP contribution in [0.25, 0.3) is 0 Å². The minimum Gasteiger partial charge on any atom is -0.332 e. The predicted octanol–water partition coefficient (Wildman–Crippen LogP) is 4.18. The minimum absolute atomic E-state index is 0.0767. The molecule has 2 aromatic rings. The van der Waals surface area contributed by atoms with Gasteiger partial charge in [0.15, 0.2) is 0 Å². The molecule has 1 atom stereocenters. The summed E-state index contributed by atoms with van der Waals surface area (Å²) in [6, 6.07) is 18.0. The van der Waals surface area contributed by atoms with Gasteiger partial charge in [0.25, 0.3) is 5.91 Å². The Morgan fingerprint density at radius 1 is 0.885 bits per heavy atom. The Morgan fingerprint density at radius 2 is 1.65 bits per heavy atom. The van der Waals surface area contributed by atoms with Gasteiger partial charge in [0.2, 0.25) is 5.91 Å². The number of hydrogen-bond acceptors (Lipinski definition) is 2. The van der Waals surface area contributed by atoms with E-state index in [1.165, 1.54) is 5.56 Å². The van der Waals surface area contributed by atoms with Gasteiger partial charge >= 0.3 is 0 Å². The average molecular weight is 348 g/mol. The Balaban J connectivity index is 1.52. The number of hydrogen-bond donors (Lipinski definition) is 0. The first kappa shape index (κ1) is 16.8. The molecule has 1 unspecified atom stereocenters. The zero-order valence-corrected chi connectivity index (χ0v) is 14.9. The van der Waals surface area contributed by atoms with E-state index in [4.69, 9.17) is 0 Å². The summed E-state index contributed by atoms with van der Waals surface area (Å²) in [5.74, 6) is 0.256. The molecule has 0 radical (unpaired) electrons. The highest BCUT2D eigenvalue weighted by atomic mass is 16.2. The molecule has 2 saturated heterocycles. The first-order valence-electron chi connectivity index (χ1n) is 9.50. The summed E-state index contributed by atoms with van der Waals surface area (Å²) in [6.07, 6.45) is 4.68. The van der Waals surface area contributed by atoms with Crippen LogP contribution in [0.15, 0.2) is 54.6 Å². The molecule has 4 nitrogen and oxygen atoms in total. The molecule has 26 heavy (non-hydrogen) atoms. The van der Waals surface area contributed by atoms with Crippen molar-refractivity contribution in [1.82, 2.24) is 4.90 Å². The SMILES string of the molecule is O=C1CCCCN1c1ccc(C(=O)N2CCCC2c2ccccc2)cc1. The Labute approximate surface area is 154 Å². The Hall–Kier alpha value is -2.62. The van der Waals surface area contributed by atoms with Crippen molar-refractivity contribution in [3.05, 3.63) is 65.7 Å². The summed E-state index contributed by atoms with van der Waals surface area (Å²) >= 11 is 0. The molecular formula is C22H24N2O2. The summed E-state index contributed by atoms with van der Waals surface area (Å²) in [5.41, 5.74) is 2.79. The molecule has 134 valence electrons. The van der Waals surface area contributed by atoms with Crippen LogP contribution < -0.4 is 4.90 Å². The summed E-state index contributed by atoms with van der Waals surface area (Å²) in [4.78, 5) is 28.9. The Morgan fingerprint density at radius 3 is 2.38 bits per heavy atom. The second-order valence-corrected chi connectivity index (χ2v) is 7.12. The summed E-state index contributed by atoms with van der Waals surface area (Å²) < 4.78 is 0. The fraction of sp³-hybridized carbons (Fsp3) is 0.364. The Kier molecular flexibility index (Phi) is 4.74. The number of piperidine rings is 1. The van der Waals surface area contributed by atoms with Gasteiger partial charge in [-0.05, 0) is 55.5 Å². The van der Waals surface area contributed by atoms with Crippen molar-refractivity contribution in [3.63, 3.8) is 0 Å². The van der Waals surface area contributed by atoms with Gasteiger partial charge in [-0.15, -0.1) is 0 Å². The maximum Gasteiger partial charge on any atom is 0.254 e. The van der Waals surface area contributed by atoms with E-state index in [1.807, 2.05) is 52.3 Å². The Bertz CT molecular complexity index is 786. The zero-order valence-electron chi connectivity index (χ0n) is 14.9. The van der Waals surface area contributed by atoms with Crippen molar-refractivity contribution in [3.8, 4) is 0 Å². The van der Waals surface area contributed by atoms with Gasteiger partial charge in [0.1, 0.15) is 0 Å². The number of amides is 2. The number of carbonyl (C=O) groups excluding carboxylic acids is 2. The van der Waals surface area contributed by atoms with Crippen LogP contribution in [-0.4, -0.2) is 29.8 Å². The van der Waals surface area contributed by atoms with E-state index in [-0.39, 0.29) is 17.9 Å². The standard InChI is InChI=1S/C22H24N2O2/c25-21-10-4-5-15-23(21)19-13-11-18(12-14-19)22(26)24-16-6-9-20(24)17-7-2-1-3-8-17/h1-3,7-8,11-14,20H,4-6,9-10,15-16H2. The van der Waals surface area contributed by atoms with Crippen molar-refractivity contribution >= 4 is 17.5 Å². The molecule has 0 spiro atoms. The predicted molar refractivity (Wildman–Crippen MR) is 102 cm³/mol. The van der Waals surface area contributed by atoms with Gasteiger partial charge in [-0.3, -0.25) is 9.59 Å². The lowest BCUT2D eigenvalue weighted by Gasteiger charge is -2.27. The molecule has 0 N–H and O–H groups in total. The molecule has 2 aromatic carbocycles. The third-order valence-electron chi connectivity index (χ3n) is 5.45. The van der Waals surface area contributed by atoms with Gasteiger partial charge in [0, 0.05) is 30.8 Å². The molecule has 0 aromatic heterocycles. The van der Waals surface area contributed by atoms with Crippen LogP contribution in [0.3, 0.4) is 0 Å². The molecule has 4 rings (SSSR count). The molecule has 4 heteroatoms. The molecule has 0 aliphatic carbocycles. The van der Waals surface area contributed by atoms with Crippen LogP contribution in [0.2, 0.25) is 0 Å². The van der Waals surface area contributed by atoms with Crippen LogP contribution in [0.5, 0.6) is 0 Å². The highest BCUT2D eigenvalue weighted by molar-refractivity contribution is 5.97. The molecule has 2 aliphatic heterocycles. The zero-order chi connectivity index (χ0) is 17.9. The largest absolute Gasteiger partial charge is 0.332 e. The summed E-state index contributed by atoms with van der Waals surface area (Å²) in [7, 11) is 0. The third-order valence-corrected chi connectivity index (χ3v) is 5.45. The lowest BCUT2D eigenvalue weighted by atomic mass is 10.0. The van der Waals surface area contributed by atoms with E-state index < -0.39 is 0 Å². The van der Waals surface area contributed by atoms with Crippen molar-refractivity contribution in [2.75, 3.05) is 18.0 Å². The number of carbonyl (C=O) groups is 2. The second-order valence-electron chi connectivity index (χ2n) is 7.12. The number of rotatable bonds is 3. The van der Waals surface area contributed by atoms with Crippen LogP contribution in [-0.2, 0) is 4.79 Å². The lowest BCUT2D eigenvalue weighted by molar-refractivity contribution is -0.119. The maximum atomic E-state index is 13.0. The fourth-order valence-electron chi connectivity index (χ4n) is 4.06. The topological polar surface area (TPSA) is 40.6 Å². The van der Waals surface area contributed by atoms with E-state index >= 15 is 0 Å². The van der Waals surface area contributed by atoms with Crippen molar-refractivity contribution in [1.29, 1.82) is 0 Å². The van der Waals surface area contributed by atoms with Gasteiger partial charge < -0.3 is 9.80 Å². The molecule has 2 amide bonds. The molecule has 2 aliphatic rings. The lowest BCUT2D eigenvalue weighted by Crippen LogP contribution is -2.35. The van der Waals surface area contributed by atoms with Crippen molar-refractivity contribution in [2.24, 2.45) is 0 Å². The van der Waals surface area contributed by atoms with Crippen LogP contribution in [0.4, 0.5) is 5.69 Å². The van der Waals surface area contributed by atoms with E-state index in [2.05, 4.69) is 12.1 Å². The van der Waals surface area contributed by atoms with E-state index in [9.17, 15) is 9.59 Å². The van der Waals surface area contributed by atoms with E-state index in [0.717, 1.165) is 44.5 Å². The maximum absolute atomic E-state index is 13.0. The summed E-state index contributed by atoms with van der Waals surface area (Å²) in [6.45, 7) is 1.57. The summed E-state index contributed by atoms with van der Waals surface area (Å²) in [5, 5.41) is 0. The van der Waals surface area contributed by atoms with Crippen molar-refractivity contribution in [2.45, 2.75) is 38.1 Å². The monoisotopic (exact) mass is 348 g/mol. The number of nitrogens with zero attached hydrogens (tertiary/aromatic N) is 2. The highest BCUT2D eigenvalue weighted by Crippen LogP contribution is 2.33. The van der Waals surface area contributed by atoms with Crippen LogP contribution in [0, 0.1) is 0 Å². The second kappa shape index (κ2) is 7.32. The molecule has 2 fully saturated rings. The third kappa shape index (κ3) is 3.24. The molecule has 2 heterocycles. The normalized spacial score (nSPS) is 20.5. The first-order chi connectivity index (χ1) is 12.7. The van der Waals surface area contributed by atoms with Crippen molar-refractivity contribution < 1.29 is 9.59 Å². The van der Waals surface area contributed by atoms with Gasteiger partial charge in [-0.25, -0.2) is 0 Å². The van der Waals surface area contributed by atoms with Crippen LogP contribution >= 0.6 is 0 Å². The first-order valence-corrected chi connectivity index (χ1v) is 9.50. The van der Waals surface area contributed by atoms with E-state index in [1.54, 1.807) is 0 Å². The van der Waals surface area contributed by atoms with Gasteiger partial charge in [-0.2, -0.15) is 0 Å². The molecular weight excluding hydrogens is 324 g/mol. The quantitative estimate of drug-likeness (QED) is 0.835. The molecule has 0 bridgehead atoms. The van der Waals surface area contributed by atoms with E-state index in [0.29, 0.717) is 12.0 Å². The number of anilines is 1. The van der Waals surface area contributed by atoms with Gasteiger partial charge in [0.05, 0.1) is 6.04 Å².